The summed E-state index contributed by atoms with van der Waals surface area (Å²) in [5.74, 6) is 1.54. The first-order valence-electron chi connectivity index (χ1n) is 7.83. The van der Waals surface area contributed by atoms with Gasteiger partial charge in [0.05, 0.1) is 0 Å². The third-order valence-corrected chi connectivity index (χ3v) is 3.76. The van der Waals surface area contributed by atoms with Gasteiger partial charge in [0.15, 0.2) is 5.96 Å². The Kier molecular flexibility index (Phi) is 6.01. The summed E-state index contributed by atoms with van der Waals surface area (Å²) in [6, 6.07) is 10.5. The van der Waals surface area contributed by atoms with Gasteiger partial charge in [-0.1, -0.05) is 30.3 Å². The lowest BCUT2D eigenvalue weighted by Crippen LogP contribution is -2.37. The monoisotopic (exact) mass is 299 g/mol. The van der Waals surface area contributed by atoms with Crippen molar-refractivity contribution < 1.29 is 0 Å². The van der Waals surface area contributed by atoms with E-state index in [0.29, 0.717) is 12.5 Å². The average Bonchev–Trinajstić information content (AvgIpc) is 3.00. The van der Waals surface area contributed by atoms with Crippen LogP contribution in [0.1, 0.15) is 25.2 Å². The molecule has 0 aliphatic carbocycles. The molecule has 0 saturated heterocycles. The molecule has 2 rings (SSSR count). The van der Waals surface area contributed by atoms with Gasteiger partial charge in [0.1, 0.15) is 12.4 Å². The number of aryl methyl sites for hydroxylation is 2. The maximum atomic E-state index is 6.01. The van der Waals surface area contributed by atoms with E-state index in [9.17, 15) is 0 Å². The maximum Gasteiger partial charge on any atom is 0.191 e. The molecule has 0 saturated carbocycles. The molecule has 2 N–H and O–H groups in total. The van der Waals surface area contributed by atoms with E-state index in [2.05, 4.69) is 52.7 Å². The van der Waals surface area contributed by atoms with E-state index in [1.165, 1.54) is 5.56 Å². The van der Waals surface area contributed by atoms with Crippen LogP contribution in [0.25, 0.3) is 0 Å². The molecule has 1 aromatic carbocycles. The highest BCUT2D eigenvalue weighted by Gasteiger charge is 2.05. The maximum absolute atomic E-state index is 6.01. The van der Waals surface area contributed by atoms with E-state index < -0.39 is 0 Å². The molecule has 0 spiro atoms. The van der Waals surface area contributed by atoms with E-state index in [4.69, 9.17) is 5.73 Å². The van der Waals surface area contributed by atoms with Crippen molar-refractivity contribution in [2.75, 3.05) is 13.1 Å². The Morgan fingerprint density at radius 3 is 2.64 bits per heavy atom. The first-order valence-corrected chi connectivity index (χ1v) is 7.83. The Hall–Kier alpha value is -2.30. The number of nitrogens with zero attached hydrogens (tertiary/aromatic N) is 4. The third kappa shape index (κ3) is 4.35. The Morgan fingerprint density at radius 1 is 1.23 bits per heavy atom. The zero-order valence-corrected chi connectivity index (χ0v) is 13.4. The predicted octanol–water partition coefficient (Wildman–Crippen LogP) is 2.28. The molecule has 0 atom stereocenters. The van der Waals surface area contributed by atoms with Crippen molar-refractivity contribution in [2.24, 2.45) is 10.7 Å². The third-order valence-electron chi connectivity index (χ3n) is 3.76. The lowest BCUT2D eigenvalue weighted by Gasteiger charge is -2.19. The number of imidazole rings is 1. The van der Waals surface area contributed by atoms with Crippen LogP contribution in [0.5, 0.6) is 0 Å². The standard InChI is InChI=1S/C17H25N5/c1-3-21(4-2)17(18)20-14-16-19-11-13-22(16)12-10-15-8-6-5-7-9-15/h5-9,11,13H,3-4,10,12,14H2,1-2H3,(H2,18,20). The number of benzene rings is 1. The van der Waals surface area contributed by atoms with Crippen LogP contribution in [-0.4, -0.2) is 33.5 Å². The molecule has 0 aliphatic rings. The molecule has 0 aliphatic heterocycles. The van der Waals surface area contributed by atoms with Crippen molar-refractivity contribution in [3.05, 3.63) is 54.1 Å². The Morgan fingerprint density at radius 2 is 1.95 bits per heavy atom. The second-order valence-corrected chi connectivity index (χ2v) is 5.12. The summed E-state index contributed by atoms with van der Waals surface area (Å²) in [6.45, 7) is 7.31. The summed E-state index contributed by atoms with van der Waals surface area (Å²) in [4.78, 5) is 10.9. The van der Waals surface area contributed by atoms with Crippen LogP contribution in [0.2, 0.25) is 0 Å². The Labute approximate surface area is 132 Å². The molecule has 22 heavy (non-hydrogen) atoms. The first-order chi connectivity index (χ1) is 10.7. The van der Waals surface area contributed by atoms with Gasteiger partial charge in [-0.3, -0.25) is 0 Å². The lowest BCUT2D eigenvalue weighted by atomic mass is 10.1. The van der Waals surface area contributed by atoms with Crippen LogP contribution in [0, 0.1) is 0 Å². The molecule has 5 nitrogen and oxygen atoms in total. The van der Waals surface area contributed by atoms with Gasteiger partial charge >= 0.3 is 0 Å². The zero-order chi connectivity index (χ0) is 15.8. The predicted molar refractivity (Wildman–Crippen MR) is 90.6 cm³/mol. The van der Waals surface area contributed by atoms with Crippen molar-refractivity contribution in [1.82, 2.24) is 14.5 Å². The van der Waals surface area contributed by atoms with Gasteiger partial charge in [-0.2, -0.15) is 0 Å². The summed E-state index contributed by atoms with van der Waals surface area (Å²) in [6.07, 6.45) is 4.81. The zero-order valence-electron chi connectivity index (χ0n) is 13.4. The van der Waals surface area contributed by atoms with Gasteiger partial charge < -0.3 is 15.2 Å². The van der Waals surface area contributed by atoms with Crippen LogP contribution in [0.4, 0.5) is 0 Å². The number of aromatic nitrogens is 2. The van der Waals surface area contributed by atoms with E-state index in [-0.39, 0.29) is 0 Å². The average molecular weight is 299 g/mol. The summed E-state index contributed by atoms with van der Waals surface area (Å²) in [5.41, 5.74) is 7.34. The Balaban J connectivity index is 1.96. The van der Waals surface area contributed by atoms with Crippen LogP contribution < -0.4 is 5.73 Å². The van der Waals surface area contributed by atoms with Crippen molar-refractivity contribution in [2.45, 2.75) is 33.4 Å². The summed E-state index contributed by atoms with van der Waals surface area (Å²) < 4.78 is 2.14. The van der Waals surface area contributed by atoms with E-state index >= 15 is 0 Å². The molecule has 0 fully saturated rings. The molecule has 0 unspecified atom stereocenters. The normalized spacial score (nSPS) is 11.6. The molecule has 0 amide bonds. The van der Waals surface area contributed by atoms with Gasteiger partial charge in [0.2, 0.25) is 0 Å². The van der Waals surface area contributed by atoms with E-state index in [0.717, 1.165) is 31.9 Å². The number of aliphatic imine (C=N–C) groups is 1. The second-order valence-electron chi connectivity index (χ2n) is 5.12. The quantitative estimate of drug-likeness (QED) is 0.630. The lowest BCUT2D eigenvalue weighted by molar-refractivity contribution is 0.457. The number of guanidine groups is 1. The highest BCUT2D eigenvalue weighted by molar-refractivity contribution is 5.77. The molecular weight excluding hydrogens is 274 g/mol. The number of hydrogen-bond donors (Lipinski definition) is 1. The SMILES string of the molecule is CCN(CC)C(N)=NCc1nccn1CCc1ccccc1. The van der Waals surface area contributed by atoms with Crippen molar-refractivity contribution >= 4 is 5.96 Å². The fraction of sp³-hybridized carbons (Fsp3) is 0.412. The van der Waals surface area contributed by atoms with E-state index in [1.807, 2.05) is 23.4 Å². The van der Waals surface area contributed by atoms with Gasteiger partial charge in [-0.25, -0.2) is 9.98 Å². The molecule has 0 radical (unpaired) electrons. The topological polar surface area (TPSA) is 59.4 Å². The fourth-order valence-electron chi connectivity index (χ4n) is 2.39. The molecule has 5 heteroatoms. The summed E-state index contributed by atoms with van der Waals surface area (Å²) in [5, 5.41) is 0. The van der Waals surface area contributed by atoms with Crippen molar-refractivity contribution in [1.29, 1.82) is 0 Å². The molecule has 118 valence electrons. The minimum absolute atomic E-state index is 0.518. The smallest absolute Gasteiger partial charge is 0.191 e. The van der Waals surface area contributed by atoms with Crippen molar-refractivity contribution in [3.63, 3.8) is 0 Å². The molecule has 1 heterocycles. The number of rotatable bonds is 7. The van der Waals surface area contributed by atoms with Crippen molar-refractivity contribution in [3.8, 4) is 0 Å². The first kappa shape index (κ1) is 16.1. The molecular formula is C17H25N5. The van der Waals surface area contributed by atoms with Crippen LogP contribution >= 0.6 is 0 Å². The number of hydrogen-bond acceptors (Lipinski definition) is 2. The minimum Gasteiger partial charge on any atom is -0.370 e. The summed E-state index contributed by atoms with van der Waals surface area (Å²) in [7, 11) is 0. The summed E-state index contributed by atoms with van der Waals surface area (Å²) >= 11 is 0. The van der Waals surface area contributed by atoms with Crippen LogP contribution in [0.3, 0.4) is 0 Å². The number of nitrogens with two attached hydrogens (primary N) is 1. The highest BCUT2D eigenvalue weighted by atomic mass is 15.2. The largest absolute Gasteiger partial charge is 0.370 e. The highest BCUT2D eigenvalue weighted by Crippen LogP contribution is 2.05. The van der Waals surface area contributed by atoms with Crippen LogP contribution in [0.15, 0.2) is 47.7 Å². The van der Waals surface area contributed by atoms with Crippen LogP contribution in [-0.2, 0) is 19.5 Å². The molecule has 1 aromatic heterocycles. The fourth-order valence-corrected chi connectivity index (χ4v) is 2.39. The second kappa shape index (κ2) is 8.22. The molecule has 2 aromatic rings. The van der Waals surface area contributed by atoms with E-state index in [1.54, 1.807) is 0 Å². The minimum atomic E-state index is 0.518. The Bertz CT molecular complexity index is 584. The van der Waals surface area contributed by atoms with Gasteiger partial charge in [0, 0.05) is 32.0 Å². The van der Waals surface area contributed by atoms with Gasteiger partial charge in [-0.15, -0.1) is 0 Å². The van der Waals surface area contributed by atoms with Gasteiger partial charge in [-0.05, 0) is 25.8 Å². The molecule has 0 bridgehead atoms. The van der Waals surface area contributed by atoms with Gasteiger partial charge in [0.25, 0.3) is 0 Å².